The van der Waals surface area contributed by atoms with Gasteiger partial charge in [-0.3, -0.25) is 9.10 Å². The summed E-state index contributed by atoms with van der Waals surface area (Å²) in [6.45, 7) is 1.89. The summed E-state index contributed by atoms with van der Waals surface area (Å²) in [7, 11) is -3.71. The lowest BCUT2D eigenvalue weighted by Gasteiger charge is -2.28. The fraction of sp³-hybridized carbons (Fsp3) is 0.353. The van der Waals surface area contributed by atoms with Gasteiger partial charge in [-0.05, 0) is 43.3 Å². The first kappa shape index (κ1) is 20.3. The second-order valence-electron chi connectivity index (χ2n) is 5.63. The van der Waals surface area contributed by atoms with Crippen LogP contribution < -0.4 is 9.62 Å². The zero-order valence-corrected chi connectivity index (χ0v) is 16.1. The number of hydrogen-bond acceptors (Lipinski definition) is 5. The maximum absolute atomic E-state index is 13.1. The van der Waals surface area contributed by atoms with Gasteiger partial charge in [-0.1, -0.05) is 0 Å². The molecule has 1 heterocycles. The molecular weight excluding hydrogens is 379 g/mol. The predicted octanol–water partition coefficient (Wildman–Crippen LogP) is 2.62. The summed E-state index contributed by atoms with van der Waals surface area (Å²) in [6.07, 6.45) is 2.62. The van der Waals surface area contributed by atoms with E-state index in [0.717, 1.165) is 28.5 Å². The zero-order valence-electron chi connectivity index (χ0n) is 14.5. The lowest BCUT2D eigenvalue weighted by atomic mass is 10.2. The van der Waals surface area contributed by atoms with Crippen molar-refractivity contribution in [1.82, 2.24) is 5.32 Å². The van der Waals surface area contributed by atoms with E-state index in [2.05, 4.69) is 5.32 Å². The highest BCUT2D eigenvalue weighted by Gasteiger charge is 2.28. The summed E-state index contributed by atoms with van der Waals surface area (Å²) in [6, 6.07) is 7.71. The van der Waals surface area contributed by atoms with Crippen molar-refractivity contribution in [1.29, 1.82) is 0 Å². The van der Waals surface area contributed by atoms with Crippen molar-refractivity contribution in [2.45, 2.75) is 18.7 Å². The minimum Gasteiger partial charge on any atom is -0.468 e. The second kappa shape index (κ2) is 9.09. The molecule has 0 aliphatic carbocycles. The molecule has 6 nitrogen and oxygen atoms in total. The van der Waals surface area contributed by atoms with E-state index in [9.17, 15) is 17.6 Å². The number of sulfonamides is 1. The number of carbonyl (C=O) groups is 1. The molecule has 1 N–H and O–H groups in total. The number of thioether (sulfide) groups is 1. The molecule has 0 aliphatic rings. The van der Waals surface area contributed by atoms with E-state index in [-0.39, 0.29) is 5.69 Å². The molecule has 0 fully saturated rings. The van der Waals surface area contributed by atoms with E-state index in [0.29, 0.717) is 18.1 Å². The molecule has 0 radical (unpaired) electrons. The Kier molecular flexibility index (Phi) is 7.10. The number of rotatable bonds is 9. The van der Waals surface area contributed by atoms with E-state index >= 15 is 0 Å². The third-order valence-electron chi connectivity index (χ3n) is 3.54. The number of furan rings is 1. The first-order valence-electron chi connectivity index (χ1n) is 7.92. The molecule has 1 aromatic heterocycles. The number of amides is 1. The van der Waals surface area contributed by atoms with Crippen LogP contribution in [0.25, 0.3) is 0 Å². The van der Waals surface area contributed by atoms with Crippen LogP contribution in [0.5, 0.6) is 0 Å². The highest BCUT2D eigenvalue weighted by atomic mass is 32.2. The Morgan fingerprint density at radius 1 is 1.31 bits per heavy atom. The van der Waals surface area contributed by atoms with Gasteiger partial charge in [-0.15, -0.1) is 0 Å². The Morgan fingerprint density at radius 3 is 2.58 bits per heavy atom. The van der Waals surface area contributed by atoms with Crippen molar-refractivity contribution in [3.8, 4) is 0 Å². The molecule has 0 aliphatic heterocycles. The first-order valence-corrected chi connectivity index (χ1v) is 10.9. The molecule has 26 heavy (non-hydrogen) atoms. The minimum atomic E-state index is -3.71. The zero-order chi connectivity index (χ0) is 19.2. The van der Waals surface area contributed by atoms with E-state index < -0.39 is 27.8 Å². The van der Waals surface area contributed by atoms with Gasteiger partial charge in [-0.25, -0.2) is 12.8 Å². The van der Waals surface area contributed by atoms with Crippen LogP contribution in [0.15, 0.2) is 47.1 Å². The maximum atomic E-state index is 13.1. The number of benzene rings is 1. The number of nitrogens with zero attached hydrogens (tertiary/aromatic N) is 1. The number of carbonyl (C=O) groups excluding carboxylic acids is 1. The lowest BCUT2D eigenvalue weighted by molar-refractivity contribution is -0.121. The summed E-state index contributed by atoms with van der Waals surface area (Å²) in [4.78, 5) is 12.3. The largest absolute Gasteiger partial charge is 0.468 e. The number of nitrogens with one attached hydrogen (secondary N) is 1. The molecule has 1 aromatic carbocycles. The lowest BCUT2D eigenvalue weighted by Crippen LogP contribution is -2.48. The van der Waals surface area contributed by atoms with E-state index in [1.54, 1.807) is 18.0 Å². The Hall–Kier alpha value is -2.00. The molecule has 0 spiro atoms. The topological polar surface area (TPSA) is 79.6 Å². The van der Waals surface area contributed by atoms with Crippen molar-refractivity contribution in [2.24, 2.45) is 0 Å². The maximum Gasteiger partial charge on any atom is 0.243 e. The van der Waals surface area contributed by atoms with Gasteiger partial charge in [0.15, 0.2) is 0 Å². The summed E-state index contributed by atoms with van der Waals surface area (Å²) >= 11 is 1.59. The van der Waals surface area contributed by atoms with Gasteiger partial charge in [0.05, 0.1) is 24.0 Å². The molecule has 0 saturated heterocycles. The molecule has 1 atom stereocenters. The standard InChI is InChI=1S/C17H21FN2O4S2/c1-13(17(21)19-9-11-25-12-16-4-3-10-24-16)20(26(2,22)23)15-7-5-14(18)6-8-15/h3-8,10,13H,9,11-12H2,1-2H3,(H,19,21)/t13-/m1/s1. The third kappa shape index (κ3) is 5.77. The highest BCUT2D eigenvalue weighted by molar-refractivity contribution is 7.98. The van der Waals surface area contributed by atoms with Crippen LogP contribution in [0, 0.1) is 5.82 Å². The van der Waals surface area contributed by atoms with Gasteiger partial charge >= 0.3 is 0 Å². The molecule has 0 unspecified atom stereocenters. The summed E-state index contributed by atoms with van der Waals surface area (Å²) in [5.41, 5.74) is 0.240. The fourth-order valence-corrected chi connectivity index (χ4v) is 4.29. The predicted molar refractivity (Wildman–Crippen MR) is 101 cm³/mol. The Balaban J connectivity index is 1.91. The van der Waals surface area contributed by atoms with Crippen LogP contribution >= 0.6 is 11.8 Å². The third-order valence-corrected chi connectivity index (χ3v) is 5.76. The van der Waals surface area contributed by atoms with E-state index in [4.69, 9.17) is 4.42 Å². The molecule has 1 amide bonds. The van der Waals surface area contributed by atoms with Crippen LogP contribution in [0.2, 0.25) is 0 Å². The molecule has 0 saturated carbocycles. The van der Waals surface area contributed by atoms with Gasteiger partial charge in [0.2, 0.25) is 15.9 Å². The summed E-state index contributed by atoms with van der Waals surface area (Å²) in [5, 5.41) is 2.73. The van der Waals surface area contributed by atoms with Gasteiger partial charge < -0.3 is 9.73 Å². The van der Waals surface area contributed by atoms with Crippen LogP contribution in [0.4, 0.5) is 10.1 Å². The molecule has 2 rings (SSSR count). The number of hydrogen-bond donors (Lipinski definition) is 1. The molecule has 2 aromatic rings. The average Bonchev–Trinajstić information content (AvgIpc) is 3.08. The smallest absolute Gasteiger partial charge is 0.243 e. The van der Waals surface area contributed by atoms with Gasteiger partial charge in [0, 0.05) is 12.3 Å². The molecule has 0 bridgehead atoms. The van der Waals surface area contributed by atoms with Crippen molar-refractivity contribution in [3.05, 3.63) is 54.2 Å². The van der Waals surface area contributed by atoms with Crippen molar-refractivity contribution in [3.63, 3.8) is 0 Å². The average molecular weight is 400 g/mol. The monoisotopic (exact) mass is 400 g/mol. The summed E-state index contributed by atoms with van der Waals surface area (Å²) in [5.74, 6) is 1.32. The van der Waals surface area contributed by atoms with E-state index in [1.807, 2.05) is 12.1 Å². The summed E-state index contributed by atoms with van der Waals surface area (Å²) < 4.78 is 43.5. The number of halogens is 1. The fourth-order valence-electron chi connectivity index (χ4n) is 2.36. The Labute approximate surface area is 156 Å². The van der Waals surface area contributed by atoms with Crippen molar-refractivity contribution in [2.75, 3.05) is 22.9 Å². The second-order valence-corrected chi connectivity index (χ2v) is 8.60. The van der Waals surface area contributed by atoms with Crippen LogP contribution in [-0.2, 0) is 20.6 Å². The first-order chi connectivity index (χ1) is 12.3. The number of anilines is 1. The Bertz CT molecular complexity index is 808. The van der Waals surface area contributed by atoms with Gasteiger partial charge in [0.25, 0.3) is 0 Å². The highest BCUT2D eigenvalue weighted by Crippen LogP contribution is 2.21. The van der Waals surface area contributed by atoms with Crippen LogP contribution in [-0.4, -0.2) is 38.9 Å². The normalized spacial score (nSPS) is 12.6. The van der Waals surface area contributed by atoms with Crippen molar-refractivity contribution < 1.29 is 22.0 Å². The molecular formula is C17H21FN2O4S2. The minimum absolute atomic E-state index is 0.240. The van der Waals surface area contributed by atoms with E-state index in [1.165, 1.54) is 19.1 Å². The SMILES string of the molecule is C[C@H](C(=O)NCCSCc1ccco1)N(c1ccc(F)cc1)S(C)(=O)=O. The Morgan fingerprint density at radius 2 is 2.00 bits per heavy atom. The van der Waals surface area contributed by atoms with Crippen LogP contribution in [0.3, 0.4) is 0 Å². The van der Waals surface area contributed by atoms with Crippen molar-refractivity contribution >= 4 is 33.4 Å². The molecule has 9 heteroatoms. The van der Waals surface area contributed by atoms with Gasteiger partial charge in [0.1, 0.15) is 17.6 Å². The van der Waals surface area contributed by atoms with Gasteiger partial charge in [-0.2, -0.15) is 11.8 Å². The quantitative estimate of drug-likeness (QED) is 0.655. The molecule has 142 valence electrons. The van der Waals surface area contributed by atoms with Crippen LogP contribution in [0.1, 0.15) is 12.7 Å².